The van der Waals surface area contributed by atoms with Gasteiger partial charge < -0.3 is 14.2 Å². The molecule has 3 heteroatoms. The summed E-state index contributed by atoms with van der Waals surface area (Å²) in [5, 5.41) is 0. The summed E-state index contributed by atoms with van der Waals surface area (Å²) in [6, 6.07) is 26.1. The maximum atomic E-state index is 5.78. The van der Waals surface area contributed by atoms with Gasteiger partial charge >= 0.3 is 0 Å². The van der Waals surface area contributed by atoms with Gasteiger partial charge in [-0.05, 0) is 53.9 Å². The fourth-order valence-corrected chi connectivity index (χ4v) is 2.63. The highest BCUT2D eigenvalue weighted by Gasteiger charge is 1.99. The van der Waals surface area contributed by atoms with E-state index in [1.165, 1.54) is 5.56 Å². The molecule has 3 rings (SSSR count). The van der Waals surface area contributed by atoms with Gasteiger partial charge in [0.15, 0.2) is 0 Å². The van der Waals surface area contributed by atoms with Crippen molar-refractivity contribution in [3.05, 3.63) is 90.0 Å². The molecule has 0 saturated heterocycles. The lowest BCUT2D eigenvalue weighted by atomic mass is 10.2. The lowest BCUT2D eigenvalue weighted by Crippen LogP contribution is -2.05. The quantitative estimate of drug-likeness (QED) is 0.435. The molecule has 0 bridgehead atoms. The van der Waals surface area contributed by atoms with Gasteiger partial charge in [0.25, 0.3) is 0 Å². The van der Waals surface area contributed by atoms with Crippen LogP contribution in [0.1, 0.15) is 24.5 Å². The number of ether oxygens (including phenoxy) is 3. The van der Waals surface area contributed by atoms with Gasteiger partial charge in [-0.2, -0.15) is 0 Å². The van der Waals surface area contributed by atoms with Crippen molar-refractivity contribution in [2.24, 2.45) is 0 Å². The lowest BCUT2D eigenvalue weighted by Gasteiger charge is -2.10. The molecule has 27 heavy (non-hydrogen) atoms. The zero-order valence-corrected chi connectivity index (χ0v) is 15.8. The predicted octanol–water partition coefficient (Wildman–Crippen LogP) is 5.68. The Morgan fingerprint density at radius 3 is 1.63 bits per heavy atom. The summed E-state index contributed by atoms with van der Waals surface area (Å²) in [4.78, 5) is 0. The fourth-order valence-electron chi connectivity index (χ4n) is 2.63. The molecule has 0 N–H and O–H groups in total. The highest BCUT2D eigenvalue weighted by Crippen LogP contribution is 2.19. The summed E-state index contributed by atoms with van der Waals surface area (Å²) in [5.41, 5.74) is 2.48. The van der Waals surface area contributed by atoms with E-state index in [0.29, 0.717) is 19.8 Å². The molecule has 0 aliphatic carbocycles. The molecule has 140 valence electrons. The molecule has 0 aliphatic rings. The maximum Gasteiger partial charge on any atom is 0.120 e. The van der Waals surface area contributed by atoms with E-state index in [9.17, 15) is 0 Å². The van der Waals surface area contributed by atoms with Crippen LogP contribution in [0.15, 0.2) is 78.9 Å². The highest BCUT2D eigenvalue weighted by atomic mass is 16.5. The van der Waals surface area contributed by atoms with Gasteiger partial charge in [0, 0.05) is 6.42 Å². The molecule has 3 aromatic rings. The molecule has 3 aromatic carbocycles. The first kappa shape index (κ1) is 18.8. The molecule has 0 spiro atoms. The van der Waals surface area contributed by atoms with Crippen LogP contribution >= 0.6 is 0 Å². The Hall–Kier alpha value is -2.94. The van der Waals surface area contributed by atoms with E-state index in [0.717, 1.165) is 35.7 Å². The van der Waals surface area contributed by atoms with E-state index in [1.54, 1.807) is 0 Å². The third-order valence-corrected chi connectivity index (χ3v) is 4.23. The Bertz CT molecular complexity index is 780. The number of aryl methyl sites for hydroxylation is 1. The molecule has 0 aromatic heterocycles. The van der Waals surface area contributed by atoms with E-state index in [4.69, 9.17) is 14.2 Å². The van der Waals surface area contributed by atoms with Crippen LogP contribution in [-0.4, -0.2) is 13.2 Å². The first-order chi connectivity index (χ1) is 13.3. The van der Waals surface area contributed by atoms with Crippen LogP contribution in [0.2, 0.25) is 0 Å². The van der Waals surface area contributed by atoms with E-state index < -0.39 is 0 Å². The Morgan fingerprint density at radius 1 is 0.556 bits per heavy atom. The minimum absolute atomic E-state index is 0.567. The average Bonchev–Trinajstić information content (AvgIpc) is 2.74. The smallest absolute Gasteiger partial charge is 0.120 e. The summed E-state index contributed by atoms with van der Waals surface area (Å²) in [5.74, 6) is 2.59. The summed E-state index contributed by atoms with van der Waals surface area (Å²) >= 11 is 0. The number of rotatable bonds is 10. The molecule has 0 radical (unpaired) electrons. The molecule has 0 fully saturated rings. The van der Waals surface area contributed by atoms with E-state index >= 15 is 0 Å². The van der Waals surface area contributed by atoms with Crippen molar-refractivity contribution >= 4 is 0 Å². The van der Waals surface area contributed by atoms with Crippen molar-refractivity contribution < 1.29 is 14.2 Å². The fraction of sp³-hybridized carbons (Fsp3) is 0.250. The maximum absolute atomic E-state index is 5.78. The summed E-state index contributed by atoms with van der Waals surface area (Å²) in [6.07, 6.45) is 1.88. The van der Waals surface area contributed by atoms with Crippen LogP contribution in [0.3, 0.4) is 0 Å². The molecule has 0 amide bonds. The van der Waals surface area contributed by atoms with Gasteiger partial charge in [-0.3, -0.25) is 0 Å². The largest absolute Gasteiger partial charge is 0.493 e. The van der Waals surface area contributed by atoms with Crippen LogP contribution in [0.4, 0.5) is 0 Å². The summed E-state index contributed by atoms with van der Waals surface area (Å²) < 4.78 is 17.3. The Kier molecular flexibility index (Phi) is 7.16. The zero-order valence-electron chi connectivity index (χ0n) is 15.8. The van der Waals surface area contributed by atoms with Crippen molar-refractivity contribution in [2.45, 2.75) is 26.4 Å². The molecule has 3 nitrogen and oxygen atoms in total. The average molecular weight is 362 g/mol. The molecule has 0 saturated carbocycles. The van der Waals surface area contributed by atoms with Crippen molar-refractivity contribution in [1.29, 1.82) is 0 Å². The van der Waals surface area contributed by atoms with Gasteiger partial charge in [-0.25, -0.2) is 0 Å². The van der Waals surface area contributed by atoms with Crippen LogP contribution in [-0.2, 0) is 13.0 Å². The molecular formula is C24H26O3. The molecule has 0 aliphatic heterocycles. The third-order valence-electron chi connectivity index (χ3n) is 4.23. The SMILES string of the molecule is CCc1ccc(OCCCOc2ccc(OCc3ccccc3)cc2)cc1. The number of hydrogen-bond donors (Lipinski definition) is 0. The monoisotopic (exact) mass is 362 g/mol. The van der Waals surface area contributed by atoms with Crippen LogP contribution in [0.5, 0.6) is 17.2 Å². The first-order valence-corrected chi connectivity index (χ1v) is 9.45. The van der Waals surface area contributed by atoms with Gasteiger partial charge in [-0.1, -0.05) is 49.4 Å². The van der Waals surface area contributed by atoms with Gasteiger partial charge in [0.1, 0.15) is 23.9 Å². The van der Waals surface area contributed by atoms with Crippen molar-refractivity contribution in [2.75, 3.05) is 13.2 Å². The van der Waals surface area contributed by atoms with Crippen molar-refractivity contribution in [1.82, 2.24) is 0 Å². The molecule has 0 unspecified atom stereocenters. The minimum atomic E-state index is 0.567. The summed E-state index contributed by atoms with van der Waals surface area (Å²) in [7, 11) is 0. The Balaban J connectivity index is 1.33. The van der Waals surface area contributed by atoms with Gasteiger partial charge in [-0.15, -0.1) is 0 Å². The normalized spacial score (nSPS) is 10.4. The molecule has 0 atom stereocenters. The highest BCUT2D eigenvalue weighted by molar-refractivity contribution is 5.31. The predicted molar refractivity (Wildman–Crippen MR) is 109 cm³/mol. The summed E-state index contributed by atoms with van der Waals surface area (Å²) in [6.45, 7) is 3.98. The molecule has 0 heterocycles. The van der Waals surface area contributed by atoms with Gasteiger partial charge in [0.05, 0.1) is 13.2 Å². The standard InChI is InChI=1S/C24H26O3/c1-2-20-9-11-22(12-10-20)25-17-6-18-26-23-13-15-24(16-14-23)27-19-21-7-4-3-5-8-21/h3-5,7-16H,2,6,17-19H2,1H3. The van der Waals surface area contributed by atoms with Crippen LogP contribution in [0, 0.1) is 0 Å². The Morgan fingerprint density at radius 2 is 1.07 bits per heavy atom. The third kappa shape index (κ3) is 6.37. The zero-order chi connectivity index (χ0) is 18.7. The van der Waals surface area contributed by atoms with E-state index in [1.807, 2.05) is 54.6 Å². The second-order valence-electron chi connectivity index (χ2n) is 6.29. The minimum Gasteiger partial charge on any atom is -0.493 e. The second-order valence-corrected chi connectivity index (χ2v) is 6.29. The molecular weight excluding hydrogens is 336 g/mol. The van der Waals surface area contributed by atoms with E-state index in [-0.39, 0.29) is 0 Å². The Labute approximate surface area is 161 Å². The topological polar surface area (TPSA) is 27.7 Å². The van der Waals surface area contributed by atoms with Crippen LogP contribution < -0.4 is 14.2 Å². The van der Waals surface area contributed by atoms with Crippen molar-refractivity contribution in [3.63, 3.8) is 0 Å². The van der Waals surface area contributed by atoms with Gasteiger partial charge in [0.2, 0.25) is 0 Å². The second kappa shape index (κ2) is 10.3. The van der Waals surface area contributed by atoms with Crippen molar-refractivity contribution in [3.8, 4) is 17.2 Å². The van der Waals surface area contributed by atoms with E-state index in [2.05, 4.69) is 31.2 Å². The lowest BCUT2D eigenvalue weighted by molar-refractivity contribution is 0.247. The number of benzene rings is 3. The number of hydrogen-bond acceptors (Lipinski definition) is 3. The first-order valence-electron chi connectivity index (χ1n) is 9.45. The van der Waals surface area contributed by atoms with Crippen LogP contribution in [0.25, 0.3) is 0 Å².